The van der Waals surface area contributed by atoms with Crippen molar-refractivity contribution in [2.75, 3.05) is 18.4 Å². The third kappa shape index (κ3) is 3.74. The second-order valence-corrected chi connectivity index (χ2v) is 7.46. The number of nitrogens with zero attached hydrogens (tertiary/aromatic N) is 2. The van der Waals surface area contributed by atoms with Gasteiger partial charge in [-0.15, -0.1) is 0 Å². The number of amides is 1. The Morgan fingerprint density at radius 2 is 2.00 bits per heavy atom. The Morgan fingerprint density at radius 1 is 1.28 bits per heavy atom. The highest BCUT2D eigenvalue weighted by Gasteiger charge is 2.33. The highest BCUT2D eigenvalue weighted by atomic mass is 16.5. The first-order chi connectivity index (χ1) is 12.1. The Labute approximate surface area is 147 Å². The second-order valence-electron chi connectivity index (χ2n) is 7.46. The van der Waals surface area contributed by atoms with Crippen LogP contribution in [0.2, 0.25) is 0 Å². The highest BCUT2D eigenvalue weighted by Crippen LogP contribution is 2.31. The van der Waals surface area contributed by atoms with E-state index in [1.807, 2.05) is 24.3 Å². The average Bonchev–Trinajstić information content (AvgIpc) is 3.37. The van der Waals surface area contributed by atoms with E-state index in [4.69, 9.17) is 4.52 Å². The fourth-order valence-electron chi connectivity index (χ4n) is 3.24. The van der Waals surface area contributed by atoms with Gasteiger partial charge in [-0.3, -0.25) is 4.79 Å². The molecule has 1 aromatic heterocycles. The third-order valence-corrected chi connectivity index (χ3v) is 5.24. The van der Waals surface area contributed by atoms with Gasteiger partial charge in [0.05, 0.1) is 6.42 Å². The molecule has 1 amide bonds. The topological polar surface area (TPSA) is 80.1 Å². The monoisotopic (exact) mass is 340 g/mol. The highest BCUT2D eigenvalue weighted by molar-refractivity contribution is 5.93. The van der Waals surface area contributed by atoms with Gasteiger partial charge in [0.1, 0.15) is 0 Å². The van der Waals surface area contributed by atoms with E-state index in [0.29, 0.717) is 12.3 Å². The largest absolute Gasteiger partial charge is 0.339 e. The fourth-order valence-corrected chi connectivity index (χ4v) is 3.24. The second kappa shape index (κ2) is 6.59. The van der Waals surface area contributed by atoms with Gasteiger partial charge < -0.3 is 15.2 Å². The number of carbonyl (C=O) groups is 1. The van der Waals surface area contributed by atoms with Gasteiger partial charge in [0.25, 0.3) is 0 Å². The van der Waals surface area contributed by atoms with Crippen molar-refractivity contribution in [3.8, 4) is 0 Å². The number of nitrogens with one attached hydrogen (secondary N) is 2. The van der Waals surface area contributed by atoms with Crippen molar-refractivity contribution in [1.82, 2.24) is 15.5 Å². The van der Waals surface area contributed by atoms with Crippen LogP contribution in [0.4, 0.5) is 5.69 Å². The summed E-state index contributed by atoms with van der Waals surface area (Å²) in [5, 5.41) is 10.5. The number of piperidine rings is 1. The summed E-state index contributed by atoms with van der Waals surface area (Å²) in [4.78, 5) is 16.4. The molecule has 2 N–H and O–H groups in total. The van der Waals surface area contributed by atoms with E-state index in [0.717, 1.165) is 55.8 Å². The SMILES string of the molecule is CC1(c2noc(Cc3ccc(NC(=O)C4CC4)cc3)n2)CCNCC1. The van der Waals surface area contributed by atoms with Crippen molar-refractivity contribution in [3.05, 3.63) is 41.5 Å². The molecule has 0 unspecified atom stereocenters. The molecule has 1 aromatic carbocycles. The van der Waals surface area contributed by atoms with E-state index >= 15 is 0 Å². The van der Waals surface area contributed by atoms with Crippen LogP contribution in [0.3, 0.4) is 0 Å². The summed E-state index contributed by atoms with van der Waals surface area (Å²) in [5.41, 5.74) is 1.94. The molecular weight excluding hydrogens is 316 g/mol. The molecule has 6 heteroatoms. The molecule has 0 bridgehead atoms. The number of aromatic nitrogens is 2. The maximum absolute atomic E-state index is 11.8. The van der Waals surface area contributed by atoms with Gasteiger partial charge >= 0.3 is 0 Å². The minimum absolute atomic E-state index is 0.00392. The van der Waals surface area contributed by atoms with Crippen LogP contribution in [0.25, 0.3) is 0 Å². The molecule has 1 aliphatic carbocycles. The molecule has 1 saturated heterocycles. The molecule has 0 atom stereocenters. The molecule has 2 aromatic rings. The first-order valence-electron chi connectivity index (χ1n) is 9.06. The summed E-state index contributed by atoms with van der Waals surface area (Å²) >= 11 is 0. The first kappa shape index (κ1) is 16.3. The van der Waals surface area contributed by atoms with Crippen LogP contribution in [0, 0.1) is 5.92 Å². The fraction of sp³-hybridized carbons (Fsp3) is 0.526. The third-order valence-electron chi connectivity index (χ3n) is 5.24. The normalized spacial score (nSPS) is 19.6. The zero-order valence-electron chi connectivity index (χ0n) is 14.5. The summed E-state index contributed by atoms with van der Waals surface area (Å²) in [6, 6.07) is 7.86. The lowest BCUT2D eigenvalue weighted by Crippen LogP contribution is -2.38. The Hall–Kier alpha value is -2.21. The number of carbonyl (C=O) groups excluding carboxylic acids is 1. The predicted molar refractivity (Wildman–Crippen MR) is 94.4 cm³/mol. The Balaban J connectivity index is 1.39. The number of hydrogen-bond acceptors (Lipinski definition) is 5. The number of benzene rings is 1. The summed E-state index contributed by atoms with van der Waals surface area (Å²) in [6.07, 6.45) is 4.69. The maximum Gasteiger partial charge on any atom is 0.231 e. The Kier molecular flexibility index (Phi) is 4.29. The molecule has 25 heavy (non-hydrogen) atoms. The van der Waals surface area contributed by atoms with Gasteiger partial charge in [0, 0.05) is 17.0 Å². The van der Waals surface area contributed by atoms with E-state index in [-0.39, 0.29) is 17.2 Å². The van der Waals surface area contributed by atoms with Crippen LogP contribution in [0.15, 0.2) is 28.8 Å². The van der Waals surface area contributed by atoms with Crippen molar-refractivity contribution in [2.45, 2.75) is 44.4 Å². The van der Waals surface area contributed by atoms with Gasteiger partial charge in [-0.25, -0.2) is 0 Å². The van der Waals surface area contributed by atoms with Crippen molar-refractivity contribution < 1.29 is 9.32 Å². The van der Waals surface area contributed by atoms with E-state index in [2.05, 4.69) is 27.7 Å². The molecule has 4 rings (SSSR count). The zero-order valence-corrected chi connectivity index (χ0v) is 14.5. The van der Waals surface area contributed by atoms with E-state index < -0.39 is 0 Å². The van der Waals surface area contributed by atoms with Crippen LogP contribution in [0.5, 0.6) is 0 Å². The minimum atomic E-state index is 0.00392. The van der Waals surface area contributed by atoms with Gasteiger partial charge in [-0.1, -0.05) is 24.2 Å². The van der Waals surface area contributed by atoms with E-state index in [1.165, 1.54) is 0 Å². The smallest absolute Gasteiger partial charge is 0.231 e. The van der Waals surface area contributed by atoms with Gasteiger partial charge in [0.2, 0.25) is 11.8 Å². The lowest BCUT2D eigenvalue weighted by molar-refractivity contribution is -0.117. The molecule has 132 valence electrons. The standard InChI is InChI=1S/C19H24N4O2/c1-19(8-10-20-11-9-19)18-22-16(25-23-18)12-13-2-6-15(7-3-13)21-17(24)14-4-5-14/h2-3,6-7,14,20H,4-5,8-12H2,1H3,(H,21,24). The average molecular weight is 340 g/mol. The molecule has 0 radical (unpaired) electrons. The summed E-state index contributed by atoms with van der Waals surface area (Å²) < 4.78 is 5.47. The van der Waals surface area contributed by atoms with Crippen molar-refractivity contribution in [1.29, 1.82) is 0 Å². The van der Waals surface area contributed by atoms with Crippen molar-refractivity contribution >= 4 is 11.6 Å². The Morgan fingerprint density at radius 3 is 2.68 bits per heavy atom. The van der Waals surface area contributed by atoms with Crippen LogP contribution in [-0.2, 0) is 16.6 Å². The quantitative estimate of drug-likeness (QED) is 0.875. The van der Waals surface area contributed by atoms with Crippen LogP contribution < -0.4 is 10.6 Å². The van der Waals surface area contributed by atoms with Crippen LogP contribution in [-0.4, -0.2) is 29.1 Å². The van der Waals surface area contributed by atoms with E-state index in [9.17, 15) is 4.79 Å². The molecular formula is C19H24N4O2. The summed E-state index contributed by atoms with van der Waals surface area (Å²) in [6.45, 7) is 4.20. The molecule has 2 aliphatic rings. The molecule has 2 heterocycles. The Bertz CT molecular complexity index is 743. The van der Waals surface area contributed by atoms with Crippen LogP contribution in [0.1, 0.15) is 49.9 Å². The molecule has 6 nitrogen and oxygen atoms in total. The first-order valence-corrected chi connectivity index (χ1v) is 9.06. The lowest BCUT2D eigenvalue weighted by atomic mass is 9.80. The van der Waals surface area contributed by atoms with Crippen molar-refractivity contribution in [3.63, 3.8) is 0 Å². The van der Waals surface area contributed by atoms with Gasteiger partial charge in [-0.2, -0.15) is 4.98 Å². The van der Waals surface area contributed by atoms with Gasteiger partial charge in [-0.05, 0) is 56.5 Å². The van der Waals surface area contributed by atoms with E-state index in [1.54, 1.807) is 0 Å². The molecule has 1 saturated carbocycles. The lowest BCUT2D eigenvalue weighted by Gasteiger charge is -2.30. The number of rotatable bonds is 5. The molecule has 1 aliphatic heterocycles. The number of hydrogen-bond donors (Lipinski definition) is 2. The van der Waals surface area contributed by atoms with Crippen LogP contribution >= 0.6 is 0 Å². The zero-order chi connectivity index (χ0) is 17.3. The summed E-state index contributed by atoms with van der Waals surface area (Å²) in [7, 11) is 0. The molecule has 0 spiro atoms. The van der Waals surface area contributed by atoms with Crippen molar-refractivity contribution in [2.24, 2.45) is 5.92 Å². The minimum Gasteiger partial charge on any atom is -0.339 e. The predicted octanol–water partition coefficient (Wildman–Crippen LogP) is 2.65. The number of anilines is 1. The maximum atomic E-state index is 11.8. The van der Waals surface area contributed by atoms with Gasteiger partial charge in [0.15, 0.2) is 5.82 Å². The summed E-state index contributed by atoms with van der Waals surface area (Å²) in [5.74, 6) is 1.80. The molecule has 2 fully saturated rings.